The molecule has 1 aliphatic rings. The van der Waals surface area contributed by atoms with Gasteiger partial charge in [-0.15, -0.1) is 6.58 Å². The molecule has 0 spiro atoms. The van der Waals surface area contributed by atoms with Gasteiger partial charge in [0.1, 0.15) is 17.4 Å². The zero-order chi connectivity index (χ0) is 22.7. The lowest BCUT2D eigenvalue weighted by Gasteiger charge is -2.29. The van der Waals surface area contributed by atoms with Crippen molar-refractivity contribution in [2.45, 2.75) is 110 Å². The summed E-state index contributed by atoms with van der Waals surface area (Å²) < 4.78 is 5.24. The third-order valence-electron chi connectivity index (χ3n) is 5.71. The van der Waals surface area contributed by atoms with Crippen LogP contribution in [-0.4, -0.2) is 35.5 Å². The summed E-state index contributed by atoms with van der Waals surface area (Å²) in [6.07, 6.45) is 10.4. The van der Waals surface area contributed by atoms with Gasteiger partial charge < -0.3 is 15.4 Å². The third kappa shape index (κ3) is 10.8. The van der Waals surface area contributed by atoms with Gasteiger partial charge in [-0.2, -0.15) is 0 Å². The van der Waals surface area contributed by atoms with Crippen LogP contribution in [0.2, 0.25) is 0 Å². The van der Waals surface area contributed by atoms with Crippen LogP contribution in [-0.2, 0) is 14.3 Å². The van der Waals surface area contributed by atoms with Crippen molar-refractivity contribution in [3.05, 3.63) is 12.7 Å². The molecule has 6 heteroatoms. The Kier molecular flexibility index (Phi) is 11.1. The molecule has 0 aromatic heterocycles. The minimum absolute atomic E-state index is 0.00449. The van der Waals surface area contributed by atoms with E-state index < -0.39 is 17.7 Å². The van der Waals surface area contributed by atoms with Crippen molar-refractivity contribution < 1.29 is 19.1 Å². The summed E-state index contributed by atoms with van der Waals surface area (Å²) in [5, 5.41) is 5.73. The number of carbonyl (C=O) groups is 3. The zero-order valence-corrected chi connectivity index (χ0v) is 19.6. The normalized spacial score (nSPS) is 18.0. The van der Waals surface area contributed by atoms with E-state index in [1.54, 1.807) is 40.7 Å². The number of ketones is 1. The summed E-state index contributed by atoms with van der Waals surface area (Å²) in [6, 6.07) is -0.694. The monoisotopic (exact) mass is 422 g/mol. The smallest absolute Gasteiger partial charge is 0.408 e. The zero-order valence-electron chi connectivity index (χ0n) is 19.6. The highest BCUT2D eigenvalue weighted by Gasteiger charge is 2.26. The van der Waals surface area contributed by atoms with Gasteiger partial charge in [-0.25, -0.2) is 4.79 Å². The van der Waals surface area contributed by atoms with Crippen LogP contribution in [0.5, 0.6) is 0 Å². The highest BCUT2D eigenvalue weighted by molar-refractivity contribution is 5.85. The maximum Gasteiger partial charge on any atom is 0.408 e. The Bertz CT molecular complexity index is 576. The van der Waals surface area contributed by atoms with Crippen molar-refractivity contribution in [2.24, 2.45) is 11.8 Å². The van der Waals surface area contributed by atoms with Gasteiger partial charge in [0.2, 0.25) is 5.91 Å². The summed E-state index contributed by atoms with van der Waals surface area (Å²) >= 11 is 0. The van der Waals surface area contributed by atoms with Crippen molar-refractivity contribution in [2.75, 3.05) is 0 Å². The topological polar surface area (TPSA) is 84.5 Å². The van der Waals surface area contributed by atoms with E-state index in [1.807, 2.05) is 0 Å². The molecule has 0 aromatic carbocycles. The number of ether oxygens (including phenoxy) is 1. The molecular weight excluding hydrogens is 380 g/mol. The molecule has 1 rings (SSSR count). The number of nitrogens with one attached hydrogen (secondary N) is 2. The summed E-state index contributed by atoms with van der Waals surface area (Å²) in [4.78, 5) is 36.6. The first-order valence-corrected chi connectivity index (χ1v) is 11.4. The van der Waals surface area contributed by atoms with E-state index in [0.29, 0.717) is 12.3 Å². The molecule has 6 nitrogen and oxygen atoms in total. The predicted molar refractivity (Wildman–Crippen MR) is 120 cm³/mol. The first-order valence-electron chi connectivity index (χ1n) is 11.4. The molecule has 0 radical (unpaired) electrons. The Morgan fingerprint density at radius 3 is 2.27 bits per heavy atom. The summed E-state index contributed by atoms with van der Waals surface area (Å²) in [6.45, 7) is 12.4. The maximum atomic E-state index is 12.7. The minimum Gasteiger partial charge on any atom is -0.444 e. The van der Waals surface area contributed by atoms with Gasteiger partial charge in [-0.1, -0.05) is 38.2 Å². The Morgan fingerprint density at radius 1 is 1.10 bits per heavy atom. The number of Topliss-reactive ketones (excluding diaryl/α,β-unsaturated/α-hetero) is 1. The molecule has 30 heavy (non-hydrogen) atoms. The maximum absolute atomic E-state index is 12.7. The molecular formula is C24H42N2O4. The van der Waals surface area contributed by atoms with Gasteiger partial charge in [0.05, 0.1) is 0 Å². The number of rotatable bonds is 11. The van der Waals surface area contributed by atoms with Gasteiger partial charge >= 0.3 is 6.09 Å². The van der Waals surface area contributed by atoms with Gasteiger partial charge in [-0.05, 0) is 66.2 Å². The Balaban J connectivity index is 2.69. The fraction of sp³-hybridized carbons (Fsp3) is 0.792. The van der Waals surface area contributed by atoms with Gasteiger partial charge in [0.15, 0.2) is 0 Å². The lowest BCUT2D eigenvalue weighted by molar-refractivity contribution is -0.123. The first-order chi connectivity index (χ1) is 14.0. The van der Waals surface area contributed by atoms with Crippen LogP contribution in [0.3, 0.4) is 0 Å². The highest BCUT2D eigenvalue weighted by atomic mass is 16.6. The Hall–Kier alpha value is -1.85. The number of allylic oxidation sites excluding steroid dienone is 1. The molecule has 2 amide bonds. The summed E-state index contributed by atoms with van der Waals surface area (Å²) in [5.41, 5.74) is -0.614. The van der Waals surface area contributed by atoms with Crippen LogP contribution in [0.1, 0.15) is 92.4 Å². The van der Waals surface area contributed by atoms with Crippen molar-refractivity contribution in [1.29, 1.82) is 0 Å². The molecule has 3 atom stereocenters. The van der Waals surface area contributed by atoms with Crippen molar-refractivity contribution in [1.82, 2.24) is 10.6 Å². The largest absolute Gasteiger partial charge is 0.444 e. The highest BCUT2D eigenvalue weighted by Crippen LogP contribution is 2.29. The summed E-state index contributed by atoms with van der Waals surface area (Å²) in [7, 11) is 0. The SMILES string of the molecule is C=CCC(CC[C@H](CC1CCCCC1)NC(=O)[C@H](C)NC(=O)OC(C)(C)C)C(C)=O. The molecule has 2 N–H and O–H groups in total. The lowest BCUT2D eigenvalue weighted by atomic mass is 9.83. The molecule has 1 fully saturated rings. The molecule has 0 heterocycles. The minimum atomic E-state index is -0.689. The number of alkyl carbamates (subject to hydrolysis) is 1. The van der Waals surface area contributed by atoms with E-state index in [-0.39, 0.29) is 23.7 Å². The second-order valence-electron chi connectivity index (χ2n) is 9.72. The number of amides is 2. The number of hydrogen-bond acceptors (Lipinski definition) is 4. The van der Waals surface area contributed by atoms with E-state index in [0.717, 1.165) is 19.3 Å². The fourth-order valence-corrected chi connectivity index (χ4v) is 4.04. The molecule has 1 aliphatic carbocycles. The van der Waals surface area contributed by atoms with Crippen molar-refractivity contribution in [3.8, 4) is 0 Å². The first kappa shape index (κ1) is 26.2. The quantitative estimate of drug-likeness (QED) is 0.463. The standard InChI is InChI=1S/C24H42N2O4/c1-7-11-20(18(3)27)14-15-21(16-19-12-9-8-10-13-19)26-22(28)17(2)25-23(29)30-24(4,5)6/h7,17,19-21H,1,8-16H2,2-6H3,(H,25,29)(H,26,28)/t17-,20?,21+/m0/s1. The second-order valence-corrected chi connectivity index (χ2v) is 9.72. The van der Waals surface area contributed by atoms with E-state index in [1.165, 1.54) is 32.1 Å². The van der Waals surface area contributed by atoms with Gasteiger partial charge in [0, 0.05) is 12.0 Å². The number of carbonyl (C=O) groups excluding carboxylic acids is 3. The Morgan fingerprint density at radius 2 is 1.73 bits per heavy atom. The van der Waals surface area contributed by atoms with E-state index in [2.05, 4.69) is 17.2 Å². The van der Waals surface area contributed by atoms with Crippen LogP contribution in [0.15, 0.2) is 12.7 Å². The van der Waals surface area contributed by atoms with Crippen LogP contribution >= 0.6 is 0 Å². The average molecular weight is 423 g/mol. The number of hydrogen-bond donors (Lipinski definition) is 2. The van der Waals surface area contributed by atoms with Crippen molar-refractivity contribution >= 4 is 17.8 Å². The van der Waals surface area contributed by atoms with Gasteiger partial charge in [0.25, 0.3) is 0 Å². The third-order valence-corrected chi connectivity index (χ3v) is 5.71. The molecule has 0 aliphatic heterocycles. The van der Waals surface area contributed by atoms with E-state index >= 15 is 0 Å². The van der Waals surface area contributed by atoms with Crippen LogP contribution in [0, 0.1) is 11.8 Å². The summed E-state index contributed by atoms with van der Waals surface area (Å²) in [5.74, 6) is 0.501. The van der Waals surface area contributed by atoms with E-state index in [4.69, 9.17) is 4.74 Å². The average Bonchev–Trinajstić information content (AvgIpc) is 2.63. The fourth-order valence-electron chi connectivity index (χ4n) is 4.04. The molecule has 0 aromatic rings. The lowest BCUT2D eigenvalue weighted by Crippen LogP contribution is -2.49. The van der Waals surface area contributed by atoms with Crippen LogP contribution < -0.4 is 10.6 Å². The predicted octanol–water partition coefficient (Wildman–Crippen LogP) is 4.92. The molecule has 1 saturated carbocycles. The Labute approximate surface area is 182 Å². The van der Waals surface area contributed by atoms with E-state index in [9.17, 15) is 14.4 Å². The molecule has 1 unspecified atom stereocenters. The van der Waals surface area contributed by atoms with Crippen LogP contribution in [0.25, 0.3) is 0 Å². The molecule has 0 bridgehead atoms. The molecule has 0 saturated heterocycles. The molecule has 172 valence electrons. The second kappa shape index (κ2) is 12.8. The van der Waals surface area contributed by atoms with Crippen molar-refractivity contribution in [3.63, 3.8) is 0 Å². The van der Waals surface area contributed by atoms with Gasteiger partial charge in [-0.3, -0.25) is 9.59 Å². The van der Waals surface area contributed by atoms with Crippen LogP contribution in [0.4, 0.5) is 4.79 Å².